The Balaban J connectivity index is 1.71. The standard InChI is InChI=1S/C21H18N2OS/c22-13-6-14-23(19-9-2-1-3-10-19)21(24)16-25-20-12-11-17-7-4-5-8-18(17)15-20/h1-5,7-12,15H,6,14,16H2. The van der Waals surface area contributed by atoms with Crippen molar-refractivity contribution in [2.75, 3.05) is 17.2 Å². The number of fused-ring (bicyclic) bond motifs is 1. The maximum atomic E-state index is 12.7. The molecule has 0 atom stereocenters. The van der Waals surface area contributed by atoms with Crippen LogP contribution in [0.25, 0.3) is 10.8 Å². The van der Waals surface area contributed by atoms with Gasteiger partial charge in [-0.3, -0.25) is 4.79 Å². The number of nitrogens with zero attached hydrogens (tertiary/aromatic N) is 2. The van der Waals surface area contributed by atoms with Gasteiger partial charge >= 0.3 is 0 Å². The van der Waals surface area contributed by atoms with E-state index in [1.165, 1.54) is 22.5 Å². The first-order valence-corrected chi connectivity index (χ1v) is 9.10. The number of anilines is 1. The zero-order valence-corrected chi connectivity index (χ0v) is 14.6. The smallest absolute Gasteiger partial charge is 0.237 e. The summed E-state index contributed by atoms with van der Waals surface area (Å²) in [5.74, 6) is 0.359. The van der Waals surface area contributed by atoms with Crippen LogP contribution in [-0.4, -0.2) is 18.2 Å². The summed E-state index contributed by atoms with van der Waals surface area (Å²) in [4.78, 5) is 15.4. The van der Waals surface area contributed by atoms with E-state index in [9.17, 15) is 4.79 Å². The van der Waals surface area contributed by atoms with Crippen molar-refractivity contribution < 1.29 is 4.79 Å². The van der Waals surface area contributed by atoms with Gasteiger partial charge in [-0.05, 0) is 35.0 Å². The van der Waals surface area contributed by atoms with Gasteiger partial charge in [-0.25, -0.2) is 0 Å². The molecule has 0 spiro atoms. The molecule has 0 saturated carbocycles. The fourth-order valence-electron chi connectivity index (χ4n) is 2.65. The van der Waals surface area contributed by atoms with Crippen molar-refractivity contribution in [3.63, 3.8) is 0 Å². The summed E-state index contributed by atoms with van der Waals surface area (Å²) < 4.78 is 0. The zero-order chi connectivity index (χ0) is 17.5. The molecule has 1 amide bonds. The summed E-state index contributed by atoms with van der Waals surface area (Å²) >= 11 is 1.53. The molecule has 124 valence electrons. The Morgan fingerprint density at radius 2 is 1.68 bits per heavy atom. The number of hydrogen-bond acceptors (Lipinski definition) is 3. The molecule has 3 nitrogen and oxygen atoms in total. The SMILES string of the molecule is N#CCCN(C(=O)CSc1ccc2ccccc2c1)c1ccccc1. The molecule has 0 fully saturated rings. The molecule has 0 saturated heterocycles. The molecule has 0 radical (unpaired) electrons. The number of amides is 1. The minimum absolute atomic E-state index is 0.0135. The lowest BCUT2D eigenvalue weighted by molar-refractivity contribution is -0.116. The third kappa shape index (κ3) is 4.40. The topological polar surface area (TPSA) is 44.1 Å². The lowest BCUT2D eigenvalue weighted by atomic mass is 10.1. The average Bonchev–Trinajstić information content (AvgIpc) is 2.67. The van der Waals surface area contributed by atoms with Crippen LogP contribution in [0.4, 0.5) is 5.69 Å². The third-order valence-electron chi connectivity index (χ3n) is 3.90. The first kappa shape index (κ1) is 17.1. The van der Waals surface area contributed by atoms with Gasteiger partial charge in [-0.1, -0.05) is 48.5 Å². The van der Waals surface area contributed by atoms with Gasteiger partial charge in [0.1, 0.15) is 0 Å². The highest BCUT2D eigenvalue weighted by atomic mass is 32.2. The van der Waals surface area contributed by atoms with Crippen LogP contribution in [0, 0.1) is 11.3 Å². The van der Waals surface area contributed by atoms with Crippen molar-refractivity contribution in [3.05, 3.63) is 72.8 Å². The minimum atomic E-state index is 0.0135. The molecule has 0 aliphatic carbocycles. The van der Waals surface area contributed by atoms with Crippen LogP contribution >= 0.6 is 11.8 Å². The number of rotatable bonds is 6. The second-order valence-corrected chi connectivity index (χ2v) is 6.64. The molecule has 0 aromatic heterocycles. The molecular formula is C21H18N2OS. The Morgan fingerprint density at radius 3 is 2.44 bits per heavy atom. The highest BCUT2D eigenvalue weighted by molar-refractivity contribution is 8.00. The average molecular weight is 346 g/mol. The molecule has 3 aromatic carbocycles. The van der Waals surface area contributed by atoms with E-state index in [1.54, 1.807) is 4.90 Å². The molecule has 3 aromatic rings. The van der Waals surface area contributed by atoms with E-state index in [0.717, 1.165) is 10.6 Å². The maximum absolute atomic E-state index is 12.7. The molecule has 0 N–H and O–H groups in total. The molecule has 0 aliphatic heterocycles. The van der Waals surface area contributed by atoms with Crippen molar-refractivity contribution in [1.82, 2.24) is 0 Å². The van der Waals surface area contributed by atoms with E-state index < -0.39 is 0 Å². The summed E-state index contributed by atoms with van der Waals surface area (Å²) in [5.41, 5.74) is 0.835. The van der Waals surface area contributed by atoms with E-state index in [2.05, 4.69) is 30.3 Å². The molecule has 25 heavy (non-hydrogen) atoms. The Labute approximate surface area is 151 Å². The van der Waals surface area contributed by atoms with Crippen molar-refractivity contribution >= 4 is 34.1 Å². The van der Waals surface area contributed by atoms with E-state index >= 15 is 0 Å². The largest absolute Gasteiger partial charge is 0.311 e. The molecule has 0 bridgehead atoms. The fraction of sp³-hybridized carbons (Fsp3) is 0.143. The maximum Gasteiger partial charge on any atom is 0.237 e. The Hall–Kier alpha value is -2.77. The molecule has 0 unspecified atom stereocenters. The van der Waals surface area contributed by atoms with Gasteiger partial charge in [0.2, 0.25) is 5.91 Å². The van der Waals surface area contributed by atoms with Gasteiger partial charge in [0.25, 0.3) is 0 Å². The number of para-hydroxylation sites is 1. The van der Waals surface area contributed by atoms with Gasteiger partial charge in [0.05, 0.1) is 18.2 Å². The molecule has 3 rings (SSSR count). The van der Waals surface area contributed by atoms with Crippen LogP contribution in [0.5, 0.6) is 0 Å². The first-order valence-electron chi connectivity index (χ1n) is 8.12. The van der Waals surface area contributed by atoms with Crippen molar-refractivity contribution in [3.8, 4) is 6.07 Å². The summed E-state index contributed by atoms with van der Waals surface area (Å²) in [6.07, 6.45) is 0.321. The predicted octanol–water partition coefficient (Wildman–Crippen LogP) is 4.88. The highest BCUT2D eigenvalue weighted by Crippen LogP contribution is 2.25. The lowest BCUT2D eigenvalue weighted by Crippen LogP contribution is -2.33. The number of nitriles is 1. The Kier molecular flexibility index (Phi) is 5.71. The number of thioether (sulfide) groups is 1. The van der Waals surface area contributed by atoms with Crippen LogP contribution in [0.2, 0.25) is 0 Å². The molecule has 4 heteroatoms. The van der Waals surface area contributed by atoms with Gasteiger partial charge in [0, 0.05) is 17.1 Å². The van der Waals surface area contributed by atoms with Gasteiger partial charge in [0.15, 0.2) is 0 Å². The van der Waals surface area contributed by atoms with Crippen LogP contribution in [0.15, 0.2) is 77.7 Å². The first-order chi connectivity index (χ1) is 12.3. The summed E-state index contributed by atoms with van der Waals surface area (Å²) in [6, 6.07) is 26.0. The zero-order valence-electron chi connectivity index (χ0n) is 13.8. The van der Waals surface area contributed by atoms with E-state index in [-0.39, 0.29) is 5.91 Å². The quantitative estimate of drug-likeness (QED) is 0.598. The number of carbonyl (C=O) groups excluding carboxylic acids is 1. The van der Waals surface area contributed by atoms with Crippen LogP contribution in [0.3, 0.4) is 0 Å². The second kappa shape index (κ2) is 8.36. The molecule has 0 heterocycles. The third-order valence-corrected chi connectivity index (χ3v) is 4.88. The highest BCUT2D eigenvalue weighted by Gasteiger charge is 2.15. The minimum Gasteiger partial charge on any atom is -0.311 e. The van der Waals surface area contributed by atoms with Gasteiger partial charge in [-0.2, -0.15) is 5.26 Å². The summed E-state index contributed by atoms with van der Waals surface area (Å²) in [7, 11) is 0. The monoisotopic (exact) mass is 346 g/mol. The lowest BCUT2D eigenvalue weighted by Gasteiger charge is -2.21. The van der Waals surface area contributed by atoms with Gasteiger partial charge in [-0.15, -0.1) is 11.8 Å². The Morgan fingerprint density at radius 1 is 0.960 bits per heavy atom. The second-order valence-electron chi connectivity index (χ2n) is 5.59. The van der Waals surface area contributed by atoms with E-state index in [4.69, 9.17) is 5.26 Å². The van der Waals surface area contributed by atoms with Crippen molar-refractivity contribution in [2.24, 2.45) is 0 Å². The van der Waals surface area contributed by atoms with E-state index in [1.807, 2.05) is 48.5 Å². The Bertz CT molecular complexity index is 902. The normalized spacial score (nSPS) is 10.4. The van der Waals surface area contributed by atoms with Crippen LogP contribution in [-0.2, 0) is 4.79 Å². The number of benzene rings is 3. The molecular weight excluding hydrogens is 328 g/mol. The number of carbonyl (C=O) groups is 1. The predicted molar refractivity (Wildman–Crippen MR) is 104 cm³/mol. The van der Waals surface area contributed by atoms with Crippen LogP contribution < -0.4 is 4.90 Å². The van der Waals surface area contributed by atoms with Crippen LogP contribution in [0.1, 0.15) is 6.42 Å². The van der Waals surface area contributed by atoms with E-state index in [0.29, 0.717) is 18.7 Å². The summed E-state index contributed by atoms with van der Waals surface area (Å²) in [5, 5.41) is 11.2. The fourth-order valence-corrected chi connectivity index (χ4v) is 3.47. The van der Waals surface area contributed by atoms with Gasteiger partial charge < -0.3 is 4.90 Å². The molecule has 0 aliphatic rings. The number of hydrogen-bond donors (Lipinski definition) is 0. The van der Waals surface area contributed by atoms with Crippen molar-refractivity contribution in [2.45, 2.75) is 11.3 Å². The summed E-state index contributed by atoms with van der Waals surface area (Å²) in [6.45, 7) is 0.414. The van der Waals surface area contributed by atoms with Crippen molar-refractivity contribution in [1.29, 1.82) is 5.26 Å².